The predicted octanol–water partition coefficient (Wildman–Crippen LogP) is 2.61. The number of hydrogen-bond acceptors (Lipinski definition) is 5. The van der Waals surface area contributed by atoms with Crippen LogP contribution in [0.15, 0.2) is 42.5 Å². The highest BCUT2D eigenvalue weighted by molar-refractivity contribution is 5.96. The van der Waals surface area contributed by atoms with Crippen LogP contribution >= 0.6 is 0 Å². The van der Waals surface area contributed by atoms with E-state index in [1.54, 1.807) is 0 Å². The number of aromatic nitrogens is 2. The Morgan fingerprint density at radius 3 is 2.75 bits per heavy atom. The van der Waals surface area contributed by atoms with Gasteiger partial charge in [0.2, 0.25) is 6.79 Å². The normalized spacial score (nSPS) is 12.8. The van der Waals surface area contributed by atoms with Crippen LogP contribution in [0.4, 0.5) is 5.69 Å². The zero-order chi connectivity index (χ0) is 13.5. The van der Waals surface area contributed by atoms with E-state index in [1.165, 1.54) is 0 Å². The molecule has 2 heterocycles. The molecule has 0 radical (unpaired) electrons. The Kier molecular flexibility index (Phi) is 2.26. The first-order valence-corrected chi connectivity index (χ1v) is 6.24. The van der Waals surface area contributed by atoms with Crippen LogP contribution in [0.3, 0.4) is 0 Å². The molecular weight excluding hydrogens is 254 g/mol. The lowest BCUT2D eigenvalue weighted by molar-refractivity contribution is 0.174. The van der Waals surface area contributed by atoms with Gasteiger partial charge in [-0.05, 0) is 24.3 Å². The Bertz CT molecular complexity index is 817. The van der Waals surface area contributed by atoms with Crippen LogP contribution in [0.2, 0.25) is 0 Å². The topological polar surface area (TPSA) is 70.3 Å². The molecule has 5 nitrogen and oxygen atoms in total. The number of anilines is 1. The number of nitrogens with zero attached hydrogens (tertiary/aromatic N) is 2. The summed E-state index contributed by atoms with van der Waals surface area (Å²) >= 11 is 0. The zero-order valence-corrected chi connectivity index (χ0v) is 10.5. The van der Waals surface area contributed by atoms with Crippen LogP contribution in [0, 0.1) is 0 Å². The maximum Gasteiger partial charge on any atom is 0.231 e. The van der Waals surface area contributed by atoms with Crippen LogP contribution in [0.25, 0.3) is 22.2 Å². The Balaban J connectivity index is 1.92. The van der Waals surface area contributed by atoms with Gasteiger partial charge in [-0.1, -0.05) is 18.2 Å². The molecule has 0 saturated carbocycles. The van der Waals surface area contributed by atoms with Crippen LogP contribution < -0.4 is 15.2 Å². The maximum absolute atomic E-state index is 6.22. The van der Waals surface area contributed by atoms with Crippen molar-refractivity contribution in [3.05, 3.63) is 42.5 Å². The molecule has 0 saturated heterocycles. The van der Waals surface area contributed by atoms with Gasteiger partial charge in [0.15, 0.2) is 11.5 Å². The van der Waals surface area contributed by atoms with Gasteiger partial charge in [0.05, 0.1) is 11.2 Å². The molecule has 5 heteroatoms. The summed E-state index contributed by atoms with van der Waals surface area (Å²) in [7, 11) is 0. The highest BCUT2D eigenvalue weighted by atomic mass is 16.7. The summed E-state index contributed by atoms with van der Waals surface area (Å²) in [5.41, 5.74) is 9.15. The number of benzene rings is 2. The van der Waals surface area contributed by atoms with Crippen molar-refractivity contribution < 1.29 is 9.47 Å². The fourth-order valence-corrected chi connectivity index (χ4v) is 2.33. The Morgan fingerprint density at radius 1 is 0.950 bits per heavy atom. The van der Waals surface area contributed by atoms with Gasteiger partial charge in [-0.25, -0.2) is 0 Å². The van der Waals surface area contributed by atoms with Crippen LogP contribution in [0.5, 0.6) is 11.5 Å². The van der Waals surface area contributed by atoms with Gasteiger partial charge >= 0.3 is 0 Å². The number of fused-ring (bicyclic) bond motifs is 2. The first kappa shape index (κ1) is 11.0. The first-order valence-electron chi connectivity index (χ1n) is 6.24. The van der Waals surface area contributed by atoms with Gasteiger partial charge in [0.1, 0.15) is 5.69 Å². The van der Waals surface area contributed by atoms with E-state index in [2.05, 4.69) is 10.2 Å². The molecule has 1 aliphatic heterocycles. The van der Waals surface area contributed by atoms with E-state index in [1.807, 2.05) is 42.5 Å². The van der Waals surface area contributed by atoms with E-state index in [0.717, 1.165) is 22.2 Å². The van der Waals surface area contributed by atoms with Crippen molar-refractivity contribution in [2.75, 3.05) is 12.5 Å². The van der Waals surface area contributed by atoms with E-state index < -0.39 is 0 Å². The Labute approximate surface area is 115 Å². The maximum atomic E-state index is 6.22. The summed E-state index contributed by atoms with van der Waals surface area (Å²) in [5.74, 6) is 1.44. The smallest absolute Gasteiger partial charge is 0.231 e. The third-order valence-electron chi connectivity index (χ3n) is 3.35. The second kappa shape index (κ2) is 4.09. The van der Waals surface area contributed by atoms with Gasteiger partial charge in [-0.15, -0.1) is 10.2 Å². The molecule has 0 bridgehead atoms. The van der Waals surface area contributed by atoms with E-state index in [0.29, 0.717) is 17.1 Å². The third-order valence-corrected chi connectivity index (χ3v) is 3.35. The van der Waals surface area contributed by atoms with E-state index >= 15 is 0 Å². The summed E-state index contributed by atoms with van der Waals surface area (Å²) in [5, 5.41) is 9.34. The molecule has 0 unspecified atom stereocenters. The highest BCUT2D eigenvalue weighted by Gasteiger charge is 2.16. The quantitative estimate of drug-likeness (QED) is 0.732. The predicted molar refractivity (Wildman–Crippen MR) is 75.5 cm³/mol. The van der Waals surface area contributed by atoms with Gasteiger partial charge in [0.25, 0.3) is 0 Å². The van der Waals surface area contributed by atoms with Crippen molar-refractivity contribution in [1.82, 2.24) is 10.2 Å². The fourth-order valence-electron chi connectivity index (χ4n) is 2.33. The molecular formula is C15H11N3O2. The molecule has 0 spiro atoms. The minimum absolute atomic E-state index is 0.248. The summed E-state index contributed by atoms with van der Waals surface area (Å²) in [6, 6.07) is 13.3. The number of nitrogens with two attached hydrogens (primary N) is 1. The van der Waals surface area contributed by atoms with E-state index in [-0.39, 0.29) is 6.79 Å². The minimum atomic E-state index is 0.248. The monoisotopic (exact) mass is 265 g/mol. The number of hydrogen-bond donors (Lipinski definition) is 1. The third kappa shape index (κ3) is 1.56. The molecule has 2 aromatic carbocycles. The lowest BCUT2D eigenvalue weighted by Crippen LogP contribution is -1.98. The average molecular weight is 265 g/mol. The van der Waals surface area contributed by atoms with Gasteiger partial charge in [-0.3, -0.25) is 0 Å². The van der Waals surface area contributed by atoms with Crippen LogP contribution in [-0.4, -0.2) is 17.0 Å². The average Bonchev–Trinajstić information content (AvgIpc) is 2.95. The molecule has 0 aliphatic carbocycles. The van der Waals surface area contributed by atoms with Gasteiger partial charge in [0, 0.05) is 10.9 Å². The zero-order valence-electron chi connectivity index (χ0n) is 10.5. The second-order valence-corrected chi connectivity index (χ2v) is 4.55. The number of rotatable bonds is 1. The highest BCUT2D eigenvalue weighted by Crippen LogP contribution is 2.37. The van der Waals surface area contributed by atoms with Crippen molar-refractivity contribution in [1.29, 1.82) is 0 Å². The van der Waals surface area contributed by atoms with Gasteiger partial charge in [-0.2, -0.15) is 0 Å². The summed E-state index contributed by atoms with van der Waals surface area (Å²) in [6.45, 7) is 0.248. The molecule has 4 rings (SSSR count). The van der Waals surface area contributed by atoms with Crippen molar-refractivity contribution in [3.8, 4) is 22.8 Å². The SMILES string of the molecule is Nc1c(-c2ccc3c(c2)OCO3)nnc2ccccc12. The minimum Gasteiger partial charge on any atom is -0.454 e. The molecule has 0 atom stereocenters. The second-order valence-electron chi connectivity index (χ2n) is 4.55. The molecule has 98 valence electrons. The Hall–Kier alpha value is -2.82. The standard InChI is InChI=1S/C15H11N3O2/c16-14-10-3-1-2-4-11(10)17-18-15(14)9-5-6-12-13(7-9)20-8-19-12/h1-7H,8H2,(H2,16,17). The largest absolute Gasteiger partial charge is 0.454 e. The molecule has 1 aliphatic rings. The molecule has 1 aromatic heterocycles. The molecule has 20 heavy (non-hydrogen) atoms. The fraction of sp³-hybridized carbons (Fsp3) is 0.0667. The van der Waals surface area contributed by atoms with Crippen molar-refractivity contribution in [2.24, 2.45) is 0 Å². The van der Waals surface area contributed by atoms with E-state index in [9.17, 15) is 0 Å². The molecule has 3 aromatic rings. The van der Waals surface area contributed by atoms with Crippen molar-refractivity contribution in [3.63, 3.8) is 0 Å². The van der Waals surface area contributed by atoms with Crippen LogP contribution in [-0.2, 0) is 0 Å². The van der Waals surface area contributed by atoms with Gasteiger partial charge < -0.3 is 15.2 Å². The summed E-state index contributed by atoms with van der Waals surface area (Å²) in [6.07, 6.45) is 0. The lowest BCUT2D eigenvalue weighted by Gasteiger charge is -2.07. The molecule has 0 fully saturated rings. The summed E-state index contributed by atoms with van der Waals surface area (Å²) in [4.78, 5) is 0. The number of ether oxygens (including phenoxy) is 2. The van der Waals surface area contributed by atoms with E-state index in [4.69, 9.17) is 15.2 Å². The van der Waals surface area contributed by atoms with Crippen molar-refractivity contribution >= 4 is 16.6 Å². The molecule has 2 N–H and O–H groups in total. The molecule has 0 amide bonds. The van der Waals surface area contributed by atoms with Crippen molar-refractivity contribution in [2.45, 2.75) is 0 Å². The summed E-state index contributed by atoms with van der Waals surface area (Å²) < 4.78 is 10.7. The Morgan fingerprint density at radius 2 is 1.80 bits per heavy atom. The van der Waals surface area contributed by atoms with Crippen LogP contribution in [0.1, 0.15) is 0 Å². The number of nitrogen functional groups attached to an aromatic ring is 1. The first-order chi connectivity index (χ1) is 9.83. The lowest BCUT2D eigenvalue weighted by atomic mass is 10.1.